The first-order valence-corrected chi connectivity index (χ1v) is 3.80. The maximum Gasteiger partial charge on any atom is 0.328 e. The highest BCUT2D eigenvalue weighted by atomic mass is 16.4. The van der Waals surface area contributed by atoms with E-state index >= 15 is 0 Å². The molecular weight excluding hydrogens is 170 g/mol. The van der Waals surface area contributed by atoms with Crippen LogP contribution in [-0.4, -0.2) is 27.4 Å². The van der Waals surface area contributed by atoms with Crippen molar-refractivity contribution in [2.75, 3.05) is 11.9 Å². The number of aliphatic carboxylic acids is 1. The molecule has 0 unspecified atom stereocenters. The van der Waals surface area contributed by atoms with Gasteiger partial charge in [-0.3, -0.25) is 4.68 Å². The van der Waals surface area contributed by atoms with Crippen LogP contribution in [0.5, 0.6) is 0 Å². The van der Waals surface area contributed by atoms with Gasteiger partial charge in [0.15, 0.2) is 0 Å². The van der Waals surface area contributed by atoms with Gasteiger partial charge in [0.2, 0.25) is 0 Å². The fourth-order valence-corrected chi connectivity index (χ4v) is 0.849. The molecule has 2 N–H and O–H groups in total. The highest BCUT2D eigenvalue weighted by Crippen LogP contribution is 2.01. The maximum absolute atomic E-state index is 10.1. The van der Waals surface area contributed by atoms with Gasteiger partial charge in [-0.1, -0.05) is 6.08 Å². The van der Waals surface area contributed by atoms with Gasteiger partial charge in [-0.25, -0.2) is 4.79 Å². The van der Waals surface area contributed by atoms with E-state index in [0.29, 0.717) is 6.54 Å². The van der Waals surface area contributed by atoms with Gasteiger partial charge in [0.1, 0.15) is 0 Å². The summed E-state index contributed by atoms with van der Waals surface area (Å²) >= 11 is 0. The Morgan fingerprint density at radius 2 is 2.62 bits per heavy atom. The van der Waals surface area contributed by atoms with E-state index in [9.17, 15) is 4.79 Å². The minimum absolute atomic E-state index is 0.484. The van der Waals surface area contributed by atoms with Gasteiger partial charge in [0.05, 0.1) is 11.9 Å². The van der Waals surface area contributed by atoms with Crippen LogP contribution >= 0.6 is 0 Å². The van der Waals surface area contributed by atoms with Crippen molar-refractivity contribution in [1.29, 1.82) is 0 Å². The van der Waals surface area contributed by atoms with E-state index in [1.165, 1.54) is 6.08 Å². The molecule has 0 amide bonds. The zero-order valence-electron chi connectivity index (χ0n) is 7.27. The fraction of sp³-hybridized carbons (Fsp3) is 0.250. The first-order chi connectivity index (χ1) is 6.18. The molecule has 1 heterocycles. The SMILES string of the molecule is Cn1cc(NC/C=C/C(=O)O)cn1. The summed E-state index contributed by atoms with van der Waals surface area (Å²) in [6.45, 7) is 0.484. The smallest absolute Gasteiger partial charge is 0.328 e. The molecular formula is C8H11N3O2. The Morgan fingerprint density at radius 1 is 1.85 bits per heavy atom. The van der Waals surface area contributed by atoms with E-state index in [2.05, 4.69) is 10.4 Å². The van der Waals surface area contributed by atoms with E-state index in [1.54, 1.807) is 10.9 Å². The third kappa shape index (κ3) is 3.42. The molecule has 0 spiro atoms. The average molecular weight is 181 g/mol. The van der Waals surface area contributed by atoms with Gasteiger partial charge in [0.25, 0.3) is 0 Å². The Kier molecular flexibility index (Phi) is 3.08. The molecule has 0 fully saturated rings. The zero-order chi connectivity index (χ0) is 9.68. The number of carboxylic acid groups (broad SMARTS) is 1. The highest BCUT2D eigenvalue weighted by Gasteiger charge is 1.91. The second-order valence-corrected chi connectivity index (χ2v) is 2.52. The Bertz CT molecular complexity index is 317. The number of rotatable bonds is 4. The predicted molar refractivity (Wildman–Crippen MR) is 48.5 cm³/mol. The molecule has 0 saturated heterocycles. The number of hydrogen-bond acceptors (Lipinski definition) is 3. The number of nitrogens with one attached hydrogen (secondary N) is 1. The van der Waals surface area contributed by atoms with Gasteiger partial charge in [-0.05, 0) is 0 Å². The quantitative estimate of drug-likeness (QED) is 0.663. The van der Waals surface area contributed by atoms with Gasteiger partial charge in [0, 0.05) is 25.9 Å². The summed E-state index contributed by atoms with van der Waals surface area (Å²) in [5.41, 5.74) is 0.873. The predicted octanol–water partition coefficient (Wildman–Crippen LogP) is 0.473. The molecule has 1 rings (SSSR count). The molecule has 5 nitrogen and oxygen atoms in total. The minimum Gasteiger partial charge on any atom is -0.478 e. The molecule has 13 heavy (non-hydrogen) atoms. The topological polar surface area (TPSA) is 67.2 Å². The lowest BCUT2D eigenvalue weighted by Crippen LogP contribution is -1.98. The molecule has 0 aliphatic carbocycles. The third-order valence-electron chi connectivity index (χ3n) is 1.39. The lowest BCUT2D eigenvalue weighted by molar-refractivity contribution is -0.131. The Morgan fingerprint density at radius 3 is 3.15 bits per heavy atom. The maximum atomic E-state index is 10.1. The molecule has 0 atom stereocenters. The van der Waals surface area contributed by atoms with Crippen molar-refractivity contribution in [3.05, 3.63) is 24.5 Å². The molecule has 1 aromatic rings. The van der Waals surface area contributed by atoms with Gasteiger partial charge >= 0.3 is 5.97 Å². The van der Waals surface area contributed by atoms with Gasteiger partial charge in [-0.2, -0.15) is 5.10 Å². The van der Waals surface area contributed by atoms with Crippen LogP contribution < -0.4 is 5.32 Å². The van der Waals surface area contributed by atoms with Crippen LogP contribution in [0.3, 0.4) is 0 Å². The number of nitrogens with zero attached hydrogens (tertiary/aromatic N) is 2. The highest BCUT2D eigenvalue weighted by molar-refractivity contribution is 5.79. The van der Waals surface area contributed by atoms with Crippen LogP contribution in [0.1, 0.15) is 0 Å². The summed E-state index contributed by atoms with van der Waals surface area (Å²) in [5, 5.41) is 15.2. The van der Waals surface area contributed by atoms with Crippen molar-refractivity contribution >= 4 is 11.7 Å². The Labute approximate surface area is 75.7 Å². The monoisotopic (exact) mass is 181 g/mol. The number of aromatic nitrogens is 2. The van der Waals surface area contributed by atoms with Crippen molar-refractivity contribution in [3.63, 3.8) is 0 Å². The summed E-state index contributed by atoms with van der Waals surface area (Å²) in [5.74, 6) is -0.937. The minimum atomic E-state index is -0.937. The van der Waals surface area contributed by atoms with E-state index in [-0.39, 0.29) is 0 Å². The lowest BCUT2D eigenvalue weighted by Gasteiger charge is -1.95. The average Bonchev–Trinajstić information content (AvgIpc) is 2.45. The summed E-state index contributed by atoms with van der Waals surface area (Å²) < 4.78 is 1.67. The summed E-state index contributed by atoms with van der Waals surface area (Å²) in [7, 11) is 1.82. The van der Waals surface area contributed by atoms with Crippen molar-refractivity contribution < 1.29 is 9.90 Å². The Balaban J connectivity index is 2.31. The second kappa shape index (κ2) is 4.30. The van der Waals surface area contributed by atoms with Crippen molar-refractivity contribution in [1.82, 2.24) is 9.78 Å². The molecule has 0 bridgehead atoms. The zero-order valence-corrected chi connectivity index (χ0v) is 7.27. The third-order valence-corrected chi connectivity index (χ3v) is 1.39. The summed E-state index contributed by atoms with van der Waals surface area (Å²) in [4.78, 5) is 10.1. The molecule has 70 valence electrons. The van der Waals surface area contributed by atoms with Crippen LogP contribution in [0.15, 0.2) is 24.5 Å². The molecule has 5 heteroatoms. The van der Waals surface area contributed by atoms with Crippen molar-refractivity contribution in [2.45, 2.75) is 0 Å². The van der Waals surface area contributed by atoms with Crippen LogP contribution in [0.25, 0.3) is 0 Å². The van der Waals surface area contributed by atoms with Crippen LogP contribution in [0, 0.1) is 0 Å². The fourth-order valence-electron chi connectivity index (χ4n) is 0.849. The van der Waals surface area contributed by atoms with E-state index in [1.807, 2.05) is 13.2 Å². The van der Waals surface area contributed by atoms with E-state index < -0.39 is 5.97 Å². The number of hydrogen-bond donors (Lipinski definition) is 2. The number of aryl methyl sites for hydroxylation is 1. The molecule has 0 aromatic carbocycles. The molecule has 1 aromatic heterocycles. The first kappa shape index (κ1) is 9.31. The first-order valence-electron chi connectivity index (χ1n) is 3.80. The number of carbonyl (C=O) groups is 1. The van der Waals surface area contributed by atoms with E-state index in [0.717, 1.165) is 11.8 Å². The molecule has 0 saturated carbocycles. The van der Waals surface area contributed by atoms with Gasteiger partial charge in [-0.15, -0.1) is 0 Å². The van der Waals surface area contributed by atoms with Crippen molar-refractivity contribution in [3.8, 4) is 0 Å². The van der Waals surface area contributed by atoms with E-state index in [4.69, 9.17) is 5.11 Å². The summed E-state index contributed by atoms with van der Waals surface area (Å²) in [6.07, 6.45) is 6.13. The van der Waals surface area contributed by atoms with Crippen molar-refractivity contribution in [2.24, 2.45) is 7.05 Å². The number of anilines is 1. The standard InChI is InChI=1S/C8H11N3O2/c1-11-6-7(5-10-11)9-4-2-3-8(12)13/h2-3,5-6,9H,4H2,1H3,(H,12,13)/b3-2+. The largest absolute Gasteiger partial charge is 0.478 e. The Hall–Kier alpha value is -1.78. The lowest BCUT2D eigenvalue weighted by atomic mass is 10.4. The van der Waals surface area contributed by atoms with Gasteiger partial charge < -0.3 is 10.4 Å². The second-order valence-electron chi connectivity index (χ2n) is 2.52. The molecule has 0 aliphatic heterocycles. The molecule has 0 radical (unpaired) electrons. The normalized spacial score (nSPS) is 10.5. The van der Waals surface area contributed by atoms with Crippen LogP contribution in [0.2, 0.25) is 0 Å². The molecule has 0 aliphatic rings. The van der Waals surface area contributed by atoms with Crippen LogP contribution in [0.4, 0.5) is 5.69 Å². The number of carboxylic acids is 1. The summed E-state index contributed by atoms with van der Waals surface area (Å²) in [6, 6.07) is 0. The van der Waals surface area contributed by atoms with Crippen LogP contribution in [-0.2, 0) is 11.8 Å².